The molecule has 0 aliphatic carbocycles. The molecule has 0 bridgehead atoms. The van der Waals surface area contributed by atoms with E-state index in [1.54, 1.807) is 0 Å². The summed E-state index contributed by atoms with van der Waals surface area (Å²) in [6, 6.07) is 7.93. The zero-order valence-electron chi connectivity index (χ0n) is 11.2. The Morgan fingerprint density at radius 3 is 2.67 bits per heavy atom. The van der Waals surface area contributed by atoms with Crippen LogP contribution in [0.15, 0.2) is 38.8 Å². The average molecular weight is 368 g/mol. The summed E-state index contributed by atoms with van der Waals surface area (Å²) in [5, 5.41) is 0.593. The molecule has 8 heteroatoms. The molecule has 1 aliphatic rings. The molecule has 2 heterocycles. The second-order valence-electron chi connectivity index (χ2n) is 4.41. The van der Waals surface area contributed by atoms with Crippen LogP contribution in [0.25, 0.3) is 0 Å². The summed E-state index contributed by atoms with van der Waals surface area (Å²) in [6.07, 6.45) is 0. The quantitative estimate of drug-likeness (QED) is 0.890. The molecule has 0 spiro atoms. The van der Waals surface area contributed by atoms with E-state index in [1.807, 2.05) is 24.3 Å². The zero-order chi connectivity index (χ0) is 14.7. The van der Waals surface area contributed by atoms with Crippen LogP contribution in [0.5, 0.6) is 0 Å². The lowest BCUT2D eigenvalue weighted by Crippen LogP contribution is -2.37. The van der Waals surface area contributed by atoms with Gasteiger partial charge in [-0.3, -0.25) is 0 Å². The van der Waals surface area contributed by atoms with Crippen LogP contribution in [0.1, 0.15) is 0 Å². The van der Waals surface area contributed by atoms with E-state index >= 15 is 0 Å². The van der Waals surface area contributed by atoms with E-state index in [0.29, 0.717) is 24.3 Å². The number of morpholine rings is 1. The second-order valence-corrected chi connectivity index (χ2v) is 6.27. The minimum Gasteiger partial charge on any atom is -0.378 e. The van der Waals surface area contributed by atoms with Crippen molar-refractivity contribution in [3.05, 3.63) is 28.7 Å². The Bertz CT molecular complexity index is 636. The lowest BCUT2D eigenvalue weighted by atomic mass is 10.4. The third-order valence-corrected chi connectivity index (χ3v) is 4.85. The molecule has 0 amide bonds. The number of benzene rings is 1. The maximum absolute atomic E-state index is 5.81. The molecule has 1 aliphatic heterocycles. The van der Waals surface area contributed by atoms with Gasteiger partial charge in [0.15, 0.2) is 5.16 Å². The molecule has 6 nitrogen and oxygen atoms in total. The zero-order valence-corrected chi connectivity index (χ0v) is 13.6. The highest BCUT2D eigenvalue weighted by Gasteiger charge is 2.16. The molecule has 2 N–H and O–H groups in total. The molecule has 1 aromatic carbocycles. The number of aromatic nitrogens is 3. The van der Waals surface area contributed by atoms with E-state index in [-0.39, 0.29) is 5.95 Å². The Labute approximate surface area is 135 Å². The fourth-order valence-corrected chi connectivity index (χ4v) is 3.24. The second kappa shape index (κ2) is 6.59. The van der Waals surface area contributed by atoms with Gasteiger partial charge in [-0.15, -0.1) is 0 Å². The Morgan fingerprint density at radius 2 is 1.90 bits per heavy atom. The maximum atomic E-state index is 5.81. The molecule has 21 heavy (non-hydrogen) atoms. The first kappa shape index (κ1) is 14.6. The Balaban J connectivity index is 1.85. The largest absolute Gasteiger partial charge is 0.378 e. The van der Waals surface area contributed by atoms with Crippen molar-refractivity contribution >= 4 is 39.6 Å². The average Bonchev–Trinajstić information content (AvgIpc) is 2.50. The monoisotopic (exact) mass is 367 g/mol. The van der Waals surface area contributed by atoms with Crippen LogP contribution < -0.4 is 10.6 Å². The fourth-order valence-electron chi connectivity index (χ4n) is 1.94. The number of nitrogens with zero attached hydrogens (tertiary/aromatic N) is 4. The van der Waals surface area contributed by atoms with E-state index in [9.17, 15) is 0 Å². The molecule has 0 radical (unpaired) electrons. The molecule has 1 saturated heterocycles. The highest BCUT2D eigenvalue weighted by molar-refractivity contribution is 9.10. The number of rotatable bonds is 3. The van der Waals surface area contributed by atoms with Gasteiger partial charge in [0.1, 0.15) is 0 Å². The molecular weight excluding hydrogens is 354 g/mol. The fraction of sp³-hybridized carbons (Fsp3) is 0.308. The highest BCUT2D eigenvalue weighted by Crippen LogP contribution is 2.32. The van der Waals surface area contributed by atoms with Crippen molar-refractivity contribution in [2.24, 2.45) is 0 Å². The summed E-state index contributed by atoms with van der Waals surface area (Å²) in [5.41, 5.74) is 5.81. The van der Waals surface area contributed by atoms with Gasteiger partial charge in [-0.05, 0) is 39.8 Å². The molecule has 0 atom stereocenters. The summed E-state index contributed by atoms with van der Waals surface area (Å²) in [6.45, 7) is 2.89. The van der Waals surface area contributed by atoms with E-state index in [2.05, 4.69) is 35.8 Å². The number of ether oxygens (including phenoxy) is 1. The number of anilines is 2. The summed E-state index contributed by atoms with van der Waals surface area (Å²) in [7, 11) is 0. The summed E-state index contributed by atoms with van der Waals surface area (Å²) < 4.78 is 6.34. The number of nitrogen functional groups attached to an aromatic ring is 1. The van der Waals surface area contributed by atoms with Gasteiger partial charge in [-0.1, -0.05) is 12.1 Å². The van der Waals surface area contributed by atoms with E-state index in [0.717, 1.165) is 22.5 Å². The molecule has 1 aromatic heterocycles. The molecule has 110 valence electrons. The Morgan fingerprint density at radius 1 is 1.14 bits per heavy atom. The van der Waals surface area contributed by atoms with E-state index < -0.39 is 0 Å². The van der Waals surface area contributed by atoms with Crippen LogP contribution in [-0.4, -0.2) is 41.3 Å². The van der Waals surface area contributed by atoms with Crippen molar-refractivity contribution in [3.63, 3.8) is 0 Å². The van der Waals surface area contributed by atoms with Crippen molar-refractivity contribution in [1.29, 1.82) is 0 Å². The van der Waals surface area contributed by atoms with Crippen molar-refractivity contribution in [1.82, 2.24) is 15.0 Å². The number of nitrogens with two attached hydrogens (primary N) is 1. The number of halogens is 1. The predicted molar refractivity (Wildman–Crippen MR) is 85.5 cm³/mol. The summed E-state index contributed by atoms with van der Waals surface area (Å²) >= 11 is 4.98. The number of hydrogen-bond donors (Lipinski definition) is 1. The third kappa shape index (κ3) is 3.63. The van der Waals surface area contributed by atoms with Crippen molar-refractivity contribution in [2.45, 2.75) is 10.1 Å². The lowest BCUT2D eigenvalue weighted by molar-refractivity contribution is 0.122. The summed E-state index contributed by atoms with van der Waals surface area (Å²) in [4.78, 5) is 16.0. The van der Waals surface area contributed by atoms with Crippen LogP contribution >= 0.6 is 27.7 Å². The molecule has 0 unspecified atom stereocenters. The summed E-state index contributed by atoms with van der Waals surface area (Å²) in [5.74, 6) is 0.849. The highest BCUT2D eigenvalue weighted by atomic mass is 79.9. The third-order valence-electron chi connectivity index (χ3n) is 2.95. The standard InChI is InChI=1S/C13H14BrN5OS/c14-9-3-1-2-4-10(9)21-13-17-11(15)16-12(18-13)19-5-7-20-8-6-19/h1-4H,5-8H2,(H2,15,16,17,18). The predicted octanol–water partition coefficient (Wildman–Crippen LogP) is 2.20. The van der Waals surface area contributed by atoms with Crippen LogP contribution in [0.3, 0.4) is 0 Å². The Kier molecular flexibility index (Phi) is 4.57. The minimum absolute atomic E-state index is 0.237. The van der Waals surface area contributed by atoms with Crippen molar-refractivity contribution in [2.75, 3.05) is 36.9 Å². The first-order valence-electron chi connectivity index (χ1n) is 6.49. The van der Waals surface area contributed by atoms with E-state index in [4.69, 9.17) is 10.5 Å². The number of hydrogen-bond acceptors (Lipinski definition) is 7. The van der Waals surface area contributed by atoms with E-state index in [1.165, 1.54) is 11.8 Å². The first-order chi connectivity index (χ1) is 10.2. The van der Waals surface area contributed by atoms with Crippen LogP contribution in [0.4, 0.5) is 11.9 Å². The lowest BCUT2D eigenvalue weighted by Gasteiger charge is -2.26. The maximum Gasteiger partial charge on any atom is 0.231 e. The van der Waals surface area contributed by atoms with Crippen molar-refractivity contribution < 1.29 is 4.74 Å². The molecule has 1 fully saturated rings. The normalized spacial score (nSPS) is 15.2. The van der Waals surface area contributed by atoms with Gasteiger partial charge in [0.25, 0.3) is 0 Å². The van der Waals surface area contributed by atoms with Gasteiger partial charge in [0, 0.05) is 22.5 Å². The van der Waals surface area contributed by atoms with Crippen LogP contribution in [-0.2, 0) is 4.74 Å². The van der Waals surface area contributed by atoms with Gasteiger partial charge in [0.2, 0.25) is 11.9 Å². The first-order valence-corrected chi connectivity index (χ1v) is 8.10. The van der Waals surface area contributed by atoms with Gasteiger partial charge in [0.05, 0.1) is 13.2 Å². The van der Waals surface area contributed by atoms with Gasteiger partial charge in [-0.25, -0.2) is 0 Å². The molecule has 0 saturated carbocycles. The van der Waals surface area contributed by atoms with Gasteiger partial charge in [-0.2, -0.15) is 15.0 Å². The van der Waals surface area contributed by atoms with Crippen molar-refractivity contribution in [3.8, 4) is 0 Å². The Hall–Kier alpha value is -1.38. The molecule has 3 rings (SSSR count). The van der Waals surface area contributed by atoms with Gasteiger partial charge < -0.3 is 15.4 Å². The van der Waals surface area contributed by atoms with Crippen LogP contribution in [0.2, 0.25) is 0 Å². The SMILES string of the molecule is Nc1nc(Sc2ccccc2Br)nc(N2CCOCC2)n1. The topological polar surface area (TPSA) is 77.2 Å². The minimum atomic E-state index is 0.237. The van der Waals surface area contributed by atoms with Crippen LogP contribution in [0, 0.1) is 0 Å². The molecular formula is C13H14BrN5OS. The smallest absolute Gasteiger partial charge is 0.231 e. The molecule has 2 aromatic rings. The van der Waals surface area contributed by atoms with Gasteiger partial charge >= 0.3 is 0 Å².